The zero-order valence-corrected chi connectivity index (χ0v) is 35.5. The molecule has 0 saturated carbocycles. The van der Waals surface area contributed by atoms with Crippen LogP contribution in [-0.4, -0.2) is 46.1 Å². The first-order chi connectivity index (χ1) is 25.5. The molecule has 0 heterocycles. The fourth-order valence-electron chi connectivity index (χ4n) is 7.76. The molecule has 1 amide bonds. The molecule has 0 aliphatic heterocycles. The van der Waals surface area contributed by atoms with Gasteiger partial charge >= 0.3 is 0 Å². The van der Waals surface area contributed by atoms with Crippen LogP contribution in [0.1, 0.15) is 271 Å². The highest BCUT2D eigenvalue weighted by atomic mass is 16.3. The Morgan fingerprint density at radius 3 is 0.923 bits per heavy atom. The second-order valence-corrected chi connectivity index (χ2v) is 16.7. The number of hydrogen-bond donors (Lipinski definition) is 4. The van der Waals surface area contributed by atoms with Crippen LogP contribution >= 0.6 is 0 Å². The van der Waals surface area contributed by atoms with Crippen LogP contribution in [0, 0.1) is 0 Å². The molecule has 3 unspecified atom stereocenters. The molecule has 0 aromatic carbocycles. The molecule has 5 heteroatoms. The lowest BCUT2D eigenvalue weighted by Gasteiger charge is -2.23. The topological polar surface area (TPSA) is 89.8 Å². The zero-order chi connectivity index (χ0) is 38.0. The number of hydrogen-bond acceptors (Lipinski definition) is 4. The lowest BCUT2D eigenvalue weighted by Crippen LogP contribution is -2.46. The molecule has 0 rings (SSSR count). The molecule has 0 aliphatic rings. The van der Waals surface area contributed by atoms with Crippen molar-refractivity contribution in [2.75, 3.05) is 6.61 Å². The van der Waals surface area contributed by atoms with Crippen LogP contribution in [-0.2, 0) is 4.79 Å². The summed E-state index contributed by atoms with van der Waals surface area (Å²) < 4.78 is 0. The summed E-state index contributed by atoms with van der Waals surface area (Å²) in [6, 6.07) is -0.651. The average molecular weight is 738 g/mol. The molecule has 0 spiro atoms. The third-order valence-corrected chi connectivity index (χ3v) is 11.4. The van der Waals surface area contributed by atoms with Crippen molar-refractivity contribution in [2.45, 2.75) is 289 Å². The molecule has 0 fully saturated rings. The van der Waals surface area contributed by atoms with Crippen LogP contribution in [0.4, 0.5) is 0 Å². The summed E-state index contributed by atoms with van der Waals surface area (Å²) in [5.74, 6) is -0.280. The minimum Gasteiger partial charge on any atom is -0.394 e. The Hall–Kier alpha value is -0.650. The van der Waals surface area contributed by atoms with E-state index in [1.807, 2.05) is 0 Å². The van der Waals surface area contributed by atoms with Crippen molar-refractivity contribution in [1.82, 2.24) is 5.32 Å². The Kier molecular flexibility index (Phi) is 42.5. The van der Waals surface area contributed by atoms with Gasteiger partial charge in [-0.3, -0.25) is 4.79 Å². The highest BCUT2D eigenvalue weighted by Crippen LogP contribution is 2.17. The molecule has 0 radical (unpaired) electrons. The first-order valence-corrected chi connectivity index (χ1v) is 23.8. The standard InChI is InChI=1S/C47H95NO4/c1-3-5-7-9-11-13-14-15-16-17-18-19-20-21-22-23-24-25-26-27-28-29-30-31-33-34-36-38-40-44(50)42-47(52)48-45(43-49)46(51)41-39-37-35-32-12-10-8-6-4-2/h44-46,49-51H,3-43H2,1-2H3,(H,48,52). The maximum Gasteiger partial charge on any atom is 0.222 e. The predicted octanol–water partition coefficient (Wildman–Crippen LogP) is 13.8. The average Bonchev–Trinajstić information content (AvgIpc) is 3.14. The predicted molar refractivity (Wildman–Crippen MR) is 227 cm³/mol. The monoisotopic (exact) mass is 738 g/mol. The van der Waals surface area contributed by atoms with E-state index < -0.39 is 18.2 Å². The Morgan fingerprint density at radius 1 is 0.404 bits per heavy atom. The molecule has 0 aromatic heterocycles. The zero-order valence-electron chi connectivity index (χ0n) is 35.5. The van der Waals surface area contributed by atoms with E-state index in [-0.39, 0.29) is 18.9 Å². The lowest BCUT2D eigenvalue weighted by atomic mass is 10.0. The summed E-state index contributed by atoms with van der Waals surface area (Å²) in [6.07, 6.45) is 49.7. The van der Waals surface area contributed by atoms with Crippen molar-refractivity contribution in [3.8, 4) is 0 Å². The van der Waals surface area contributed by atoms with E-state index in [0.717, 1.165) is 25.7 Å². The molecule has 4 N–H and O–H groups in total. The van der Waals surface area contributed by atoms with E-state index in [1.54, 1.807) is 0 Å². The minimum absolute atomic E-state index is 0.0424. The van der Waals surface area contributed by atoms with Gasteiger partial charge in [0.05, 0.1) is 31.3 Å². The second kappa shape index (κ2) is 43.1. The van der Waals surface area contributed by atoms with Gasteiger partial charge in [0.15, 0.2) is 0 Å². The van der Waals surface area contributed by atoms with E-state index in [1.165, 1.54) is 212 Å². The van der Waals surface area contributed by atoms with Gasteiger partial charge in [-0.15, -0.1) is 0 Å². The first kappa shape index (κ1) is 51.4. The molecule has 3 atom stereocenters. The van der Waals surface area contributed by atoms with Crippen LogP contribution in [0.15, 0.2) is 0 Å². The van der Waals surface area contributed by atoms with Crippen molar-refractivity contribution < 1.29 is 20.1 Å². The number of carbonyl (C=O) groups excluding carboxylic acids is 1. The smallest absolute Gasteiger partial charge is 0.222 e. The maximum absolute atomic E-state index is 12.4. The number of amides is 1. The fourth-order valence-corrected chi connectivity index (χ4v) is 7.76. The van der Waals surface area contributed by atoms with Crippen molar-refractivity contribution >= 4 is 5.91 Å². The SMILES string of the molecule is CCCCCCCCCCCCCCCCCCCCCCCCCCCCCCC(O)CC(=O)NC(CO)C(O)CCCCCCCCCCC. The van der Waals surface area contributed by atoms with Gasteiger partial charge < -0.3 is 20.6 Å². The van der Waals surface area contributed by atoms with E-state index in [9.17, 15) is 20.1 Å². The molecule has 0 aliphatic carbocycles. The number of rotatable bonds is 44. The van der Waals surface area contributed by atoms with Crippen molar-refractivity contribution in [3.63, 3.8) is 0 Å². The van der Waals surface area contributed by atoms with E-state index >= 15 is 0 Å². The Balaban J connectivity index is 3.43. The highest BCUT2D eigenvalue weighted by molar-refractivity contribution is 5.76. The van der Waals surface area contributed by atoms with E-state index in [0.29, 0.717) is 12.8 Å². The number of unbranched alkanes of at least 4 members (excludes halogenated alkanes) is 35. The fraction of sp³-hybridized carbons (Fsp3) is 0.979. The summed E-state index contributed by atoms with van der Waals surface area (Å²) in [5.41, 5.74) is 0. The summed E-state index contributed by atoms with van der Waals surface area (Å²) in [5, 5.41) is 33.3. The maximum atomic E-state index is 12.4. The largest absolute Gasteiger partial charge is 0.394 e. The van der Waals surface area contributed by atoms with Gasteiger partial charge in [-0.05, 0) is 12.8 Å². The van der Waals surface area contributed by atoms with Gasteiger partial charge in [-0.1, -0.05) is 251 Å². The molecule has 5 nitrogen and oxygen atoms in total. The quantitative estimate of drug-likeness (QED) is 0.0469. The van der Waals surface area contributed by atoms with Gasteiger partial charge in [-0.2, -0.15) is 0 Å². The van der Waals surface area contributed by atoms with Crippen LogP contribution in [0.3, 0.4) is 0 Å². The summed E-state index contributed by atoms with van der Waals surface area (Å²) in [4.78, 5) is 12.4. The molecular weight excluding hydrogens is 643 g/mol. The number of aliphatic hydroxyl groups excluding tert-OH is 3. The third kappa shape index (κ3) is 39.1. The minimum atomic E-state index is -0.742. The normalized spacial score (nSPS) is 13.4. The number of carbonyl (C=O) groups is 1. The molecular formula is C47H95NO4. The van der Waals surface area contributed by atoms with E-state index in [2.05, 4.69) is 19.2 Å². The summed E-state index contributed by atoms with van der Waals surface area (Å²) >= 11 is 0. The Labute approximate surface area is 326 Å². The molecule has 52 heavy (non-hydrogen) atoms. The van der Waals surface area contributed by atoms with Gasteiger partial charge in [0, 0.05) is 0 Å². The van der Waals surface area contributed by atoms with Gasteiger partial charge in [-0.25, -0.2) is 0 Å². The van der Waals surface area contributed by atoms with Gasteiger partial charge in [0.1, 0.15) is 0 Å². The number of aliphatic hydroxyl groups is 3. The van der Waals surface area contributed by atoms with Crippen LogP contribution in [0.25, 0.3) is 0 Å². The molecule has 0 bridgehead atoms. The highest BCUT2D eigenvalue weighted by Gasteiger charge is 2.21. The van der Waals surface area contributed by atoms with Crippen LogP contribution in [0.5, 0.6) is 0 Å². The molecule has 0 saturated heterocycles. The van der Waals surface area contributed by atoms with Crippen LogP contribution in [0.2, 0.25) is 0 Å². The first-order valence-electron chi connectivity index (χ1n) is 23.8. The Morgan fingerprint density at radius 2 is 0.654 bits per heavy atom. The Bertz CT molecular complexity index is 688. The summed E-state index contributed by atoms with van der Waals surface area (Å²) in [6.45, 7) is 4.26. The van der Waals surface area contributed by atoms with Crippen molar-refractivity contribution in [3.05, 3.63) is 0 Å². The van der Waals surface area contributed by atoms with Crippen molar-refractivity contribution in [1.29, 1.82) is 0 Å². The number of nitrogens with one attached hydrogen (secondary N) is 1. The van der Waals surface area contributed by atoms with Gasteiger partial charge in [0.2, 0.25) is 5.91 Å². The van der Waals surface area contributed by atoms with Crippen LogP contribution < -0.4 is 5.32 Å². The molecule has 312 valence electrons. The van der Waals surface area contributed by atoms with Gasteiger partial charge in [0.25, 0.3) is 0 Å². The van der Waals surface area contributed by atoms with Crippen molar-refractivity contribution in [2.24, 2.45) is 0 Å². The lowest BCUT2D eigenvalue weighted by molar-refractivity contribution is -0.125. The second-order valence-electron chi connectivity index (χ2n) is 16.7. The van der Waals surface area contributed by atoms with E-state index in [4.69, 9.17) is 0 Å². The molecule has 0 aromatic rings. The summed E-state index contributed by atoms with van der Waals surface area (Å²) in [7, 11) is 0. The third-order valence-electron chi connectivity index (χ3n) is 11.4.